The zero-order valence-corrected chi connectivity index (χ0v) is 27.6. The molecule has 0 amide bonds. The van der Waals surface area contributed by atoms with Gasteiger partial charge in [-0.2, -0.15) is 0 Å². The van der Waals surface area contributed by atoms with E-state index in [4.69, 9.17) is 24.4 Å². The highest BCUT2D eigenvalue weighted by atomic mass is 16.3. The van der Waals surface area contributed by atoms with Crippen molar-refractivity contribution < 1.29 is 4.42 Å². The molecule has 2 heterocycles. The van der Waals surface area contributed by atoms with Crippen molar-refractivity contribution in [2.45, 2.75) is 19.3 Å². The number of aromatic nitrogens is 4. The van der Waals surface area contributed by atoms with Crippen LogP contribution in [0.25, 0.3) is 89.4 Å². The standard InChI is InChI=1S/C45H30N4O/c1-45(2)36-16-10-9-15-33(36)34-23-21-32(26-37(34)45)43-48-41(29-11-5-3-6-12-29)47-42(49-43)31-20-18-27-17-19-28-22-24-38-40(39(28)35(27)25-31)50-44(46-38)30-13-7-4-8-14-30/h3-26H,1-2H3. The van der Waals surface area contributed by atoms with E-state index in [1.54, 1.807) is 0 Å². The molecule has 0 N–H and O–H groups in total. The first-order valence-electron chi connectivity index (χ1n) is 16.9. The summed E-state index contributed by atoms with van der Waals surface area (Å²) in [5.41, 5.74) is 10.4. The van der Waals surface area contributed by atoms with Crippen LogP contribution in [0.5, 0.6) is 0 Å². The molecular weight excluding hydrogens is 613 g/mol. The highest BCUT2D eigenvalue weighted by Crippen LogP contribution is 2.49. The molecule has 0 bridgehead atoms. The molecule has 1 aliphatic carbocycles. The fraction of sp³-hybridized carbons (Fsp3) is 0.0667. The number of hydrogen-bond acceptors (Lipinski definition) is 5. The molecule has 2 aromatic heterocycles. The molecule has 10 rings (SSSR count). The predicted molar refractivity (Wildman–Crippen MR) is 202 cm³/mol. The van der Waals surface area contributed by atoms with Gasteiger partial charge in [0.2, 0.25) is 5.89 Å². The van der Waals surface area contributed by atoms with Gasteiger partial charge in [-0.1, -0.05) is 129 Å². The molecule has 50 heavy (non-hydrogen) atoms. The van der Waals surface area contributed by atoms with Crippen molar-refractivity contribution in [3.8, 4) is 56.7 Å². The lowest BCUT2D eigenvalue weighted by atomic mass is 9.82. The summed E-state index contributed by atoms with van der Waals surface area (Å²) in [5, 5.41) is 4.27. The van der Waals surface area contributed by atoms with Crippen LogP contribution in [0.4, 0.5) is 0 Å². The smallest absolute Gasteiger partial charge is 0.227 e. The van der Waals surface area contributed by atoms with Gasteiger partial charge in [0.25, 0.3) is 0 Å². The number of rotatable bonds is 4. The molecule has 0 spiro atoms. The third kappa shape index (κ3) is 4.40. The number of hydrogen-bond donors (Lipinski definition) is 0. The number of nitrogens with zero attached hydrogens (tertiary/aromatic N) is 4. The second-order valence-corrected chi connectivity index (χ2v) is 13.5. The van der Waals surface area contributed by atoms with Gasteiger partial charge in [-0.15, -0.1) is 0 Å². The molecule has 0 fully saturated rings. The normalized spacial score (nSPS) is 13.2. The largest absolute Gasteiger partial charge is 0.435 e. The first-order chi connectivity index (χ1) is 24.5. The molecule has 1 aliphatic rings. The van der Waals surface area contributed by atoms with Crippen LogP contribution in [0.1, 0.15) is 25.0 Å². The van der Waals surface area contributed by atoms with E-state index in [0.717, 1.165) is 54.9 Å². The number of benzene rings is 7. The maximum Gasteiger partial charge on any atom is 0.227 e. The SMILES string of the molecule is CC1(C)c2ccccc2-c2ccc(-c3nc(-c4ccccc4)nc(-c4ccc5ccc6ccc7nc(-c8ccccc8)oc7c6c5c4)n3)cc21. The predicted octanol–water partition coefficient (Wildman–Crippen LogP) is 11.3. The zero-order valence-electron chi connectivity index (χ0n) is 27.6. The molecule has 0 aliphatic heterocycles. The van der Waals surface area contributed by atoms with Gasteiger partial charge in [0.1, 0.15) is 5.52 Å². The molecule has 5 nitrogen and oxygen atoms in total. The van der Waals surface area contributed by atoms with E-state index in [1.807, 2.05) is 66.7 Å². The van der Waals surface area contributed by atoms with E-state index < -0.39 is 0 Å². The van der Waals surface area contributed by atoms with Crippen LogP contribution in [0.15, 0.2) is 150 Å². The average molecular weight is 643 g/mol. The first kappa shape index (κ1) is 28.5. The lowest BCUT2D eigenvalue weighted by molar-refractivity contribution is 0.623. The summed E-state index contributed by atoms with van der Waals surface area (Å²) < 4.78 is 6.50. The minimum Gasteiger partial charge on any atom is -0.435 e. The molecule has 236 valence electrons. The Balaban J connectivity index is 1.17. The Morgan fingerprint density at radius 2 is 1.04 bits per heavy atom. The molecule has 0 radical (unpaired) electrons. The van der Waals surface area contributed by atoms with Crippen LogP contribution >= 0.6 is 0 Å². The molecule has 7 aromatic carbocycles. The van der Waals surface area contributed by atoms with E-state index in [-0.39, 0.29) is 5.41 Å². The monoisotopic (exact) mass is 642 g/mol. The Hall–Kier alpha value is -6.46. The maximum absolute atomic E-state index is 6.50. The van der Waals surface area contributed by atoms with Crippen LogP contribution in [0.3, 0.4) is 0 Å². The molecule has 5 heteroatoms. The number of fused-ring (bicyclic) bond motifs is 8. The van der Waals surface area contributed by atoms with E-state index in [2.05, 4.69) is 92.7 Å². The van der Waals surface area contributed by atoms with Crippen LogP contribution < -0.4 is 0 Å². The summed E-state index contributed by atoms with van der Waals surface area (Å²) in [6.45, 7) is 4.59. The van der Waals surface area contributed by atoms with Gasteiger partial charge in [0.15, 0.2) is 23.1 Å². The van der Waals surface area contributed by atoms with Gasteiger partial charge in [0, 0.05) is 33.1 Å². The van der Waals surface area contributed by atoms with Crippen LogP contribution in [0, 0.1) is 0 Å². The summed E-state index contributed by atoms with van der Waals surface area (Å²) in [5.74, 6) is 2.50. The highest BCUT2D eigenvalue weighted by molar-refractivity contribution is 6.18. The van der Waals surface area contributed by atoms with Gasteiger partial charge in [-0.05, 0) is 68.7 Å². The van der Waals surface area contributed by atoms with E-state index in [1.165, 1.54) is 22.3 Å². The Morgan fingerprint density at radius 3 is 1.82 bits per heavy atom. The van der Waals surface area contributed by atoms with Crippen molar-refractivity contribution >= 4 is 32.6 Å². The molecule has 0 atom stereocenters. The van der Waals surface area contributed by atoms with E-state index in [0.29, 0.717) is 23.4 Å². The van der Waals surface area contributed by atoms with Crippen molar-refractivity contribution in [3.05, 3.63) is 157 Å². The quantitative estimate of drug-likeness (QED) is 0.179. The summed E-state index contributed by atoms with van der Waals surface area (Å²) in [6.07, 6.45) is 0. The van der Waals surface area contributed by atoms with Gasteiger partial charge < -0.3 is 4.42 Å². The lowest BCUT2D eigenvalue weighted by Gasteiger charge is -2.21. The summed E-state index contributed by atoms with van der Waals surface area (Å²) in [4.78, 5) is 20.1. The molecule has 0 saturated carbocycles. The summed E-state index contributed by atoms with van der Waals surface area (Å²) in [7, 11) is 0. The zero-order chi connectivity index (χ0) is 33.4. The third-order valence-corrected chi connectivity index (χ3v) is 10.1. The van der Waals surface area contributed by atoms with Crippen molar-refractivity contribution in [1.29, 1.82) is 0 Å². The Morgan fingerprint density at radius 1 is 0.460 bits per heavy atom. The van der Waals surface area contributed by atoms with Crippen LogP contribution in [-0.2, 0) is 5.41 Å². The van der Waals surface area contributed by atoms with Crippen LogP contribution in [-0.4, -0.2) is 19.9 Å². The van der Waals surface area contributed by atoms with E-state index >= 15 is 0 Å². The Kier molecular flexibility index (Phi) is 6.15. The van der Waals surface area contributed by atoms with Gasteiger partial charge in [-0.3, -0.25) is 0 Å². The average Bonchev–Trinajstić information content (AvgIpc) is 3.71. The third-order valence-electron chi connectivity index (χ3n) is 10.1. The minimum absolute atomic E-state index is 0.133. The highest BCUT2D eigenvalue weighted by Gasteiger charge is 2.35. The van der Waals surface area contributed by atoms with Crippen molar-refractivity contribution in [3.63, 3.8) is 0 Å². The van der Waals surface area contributed by atoms with Gasteiger partial charge in [0.05, 0.1) is 0 Å². The Labute approximate surface area is 289 Å². The van der Waals surface area contributed by atoms with Crippen molar-refractivity contribution in [2.24, 2.45) is 0 Å². The van der Waals surface area contributed by atoms with E-state index in [9.17, 15) is 0 Å². The van der Waals surface area contributed by atoms with Gasteiger partial charge in [-0.25, -0.2) is 19.9 Å². The van der Waals surface area contributed by atoms with Crippen molar-refractivity contribution in [1.82, 2.24) is 19.9 Å². The minimum atomic E-state index is -0.133. The molecule has 0 saturated heterocycles. The molecule has 0 unspecified atom stereocenters. The molecular formula is C45H30N4O. The summed E-state index contributed by atoms with van der Waals surface area (Å²) in [6, 6.07) is 50.3. The second-order valence-electron chi connectivity index (χ2n) is 13.5. The fourth-order valence-electron chi connectivity index (χ4n) is 7.56. The fourth-order valence-corrected chi connectivity index (χ4v) is 7.56. The summed E-state index contributed by atoms with van der Waals surface area (Å²) >= 11 is 0. The Bertz CT molecular complexity index is 2780. The van der Waals surface area contributed by atoms with Crippen LogP contribution in [0.2, 0.25) is 0 Å². The molecule has 9 aromatic rings. The second kappa shape index (κ2) is 10.8. The van der Waals surface area contributed by atoms with Crippen molar-refractivity contribution in [2.75, 3.05) is 0 Å². The van der Waals surface area contributed by atoms with Gasteiger partial charge >= 0.3 is 0 Å². The number of oxazole rings is 1. The lowest BCUT2D eigenvalue weighted by Crippen LogP contribution is -2.15. The maximum atomic E-state index is 6.50. The first-order valence-corrected chi connectivity index (χ1v) is 16.9. The topological polar surface area (TPSA) is 64.7 Å².